The number of aromatic nitrogens is 2. The molecular formula is C8H11N3O2. The summed E-state index contributed by atoms with van der Waals surface area (Å²) in [6.07, 6.45) is 0.961. The lowest BCUT2D eigenvalue weighted by Crippen LogP contribution is -2.22. The zero-order valence-corrected chi connectivity index (χ0v) is 7.79. The summed E-state index contributed by atoms with van der Waals surface area (Å²) in [5.74, 6) is 1.03. The Labute approximate surface area is 76.2 Å². The number of nitrogens with zero attached hydrogens (tertiary/aromatic N) is 2. The van der Waals surface area contributed by atoms with Gasteiger partial charge in [-0.2, -0.15) is 0 Å². The molecule has 0 aliphatic heterocycles. The van der Waals surface area contributed by atoms with Gasteiger partial charge in [0.1, 0.15) is 5.82 Å². The normalized spacial score (nSPS) is 9.46. The molecule has 0 radical (unpaired) electrons. The maximum Gasteiger partial charge on any atom is 0.412 e. The molecule has 1 amide bonds. The summed E-state index contributed by atoms with van der Waals surface area (Å²) in [6, 6.07) is 0. The molecule has 0 fully saturated rings. The van der Waals surface area contributed by atoms with Crippen molar-refractivity contribution in [2.24, 2.45) is 0 Å². The number of rotatable bonds is 1. The van der Waals surface area contributed by atoms with Crippen LogP contribution < -0.4 is 10.1 Å². The molecule has 0 atom stereocenters. The van der Waals surface area contributed by atoms with Gasteiger partial charge >= 0.3 is 6.09 Å². The first kappa shape index (κ1) is 9.44. The molecule has 1 N–H and O–H groups in total. The first-order valence-corrected chi connectivity index (χ1v) is 3.83. The third-order valence-electron chi connectivity index (χ3n) is 1.46. The van der Waals surface area contributed by atoms with Crippen molar-refractivity contribution in [2.75, 3.05) is 7.05 Å². The molecule has 0 saturated carbocycles. The molecule has 5 nitrogen and oxygen atoms in total. The molecule has 0 bridgehead atoms. The second-order valence-corrected chi connectivity index (χ2v) is 2.51. The van der Waals surface area contributed by atoms with Crippen LogP contribution in [0.5, 0.6) is 5.75 Å². The van der Waals surface area contributed by atoms with Gasteiger partial charge in [0, 0.05) is 7.05 Å². The van der Waals surface area contributed by atoms with Gasteiger partial charge in [0.05, 0.1) is 11.9 Å². The fraction of sp³-hybridized carbons (Fsp3) is 0.375. The van der Waals surface area contributed by atoms with Crippen LogP contribution in [-0.4, -0.2) is 23.1 Å². The van der Waals surface area contributed by atoms with E-state index in [9.17, 15) is 4.79 Å². The van der Waals surface area contributed by atoms with Gasteiger partial charge in [0.25, 0.3) is 0 Å². The molecule has 0 aliphatic carbocycles. The van der Waals surface area contributed by atoms with Crippen LogP contribution in [0.3, 0.4) is 0 Å². The second-order valence-electron chi connectivity index (χ2n) is 2.51. The van der Waals surface area contributed by atoms with Crippen LogP contribution in [0, 0.1) is 13.8 Å². The van der Waals surface area contributed by atoms with Crippen LogP contribution >= 0.6 is 0 Å². The maximum absolute atomic E-state index is 10.8. The number of aryl methyl sites for hydroxylation is 2. The predicted octanol–water partition coefficient (Wildman–Crippen LogP) is 0.812. The number of carbonyl (C=O) groups is 1. The number of nitrogens with one attached hydrogen (secondary N) is 1. The molecule has 0 spiro atoms. The lowest BCUT2D eigenvalue weighted by Gasteiger charge is -2.05. The van der Waals surface area contributed by atoms with Crippen LogP contribution in [0.15, 0.2) is 6.20 Å². The van der Waals surface area contributed by atoms with Gasteiger partial charge in [-0.25, -0.2) is 14.8 Å². The van der Waals surface area contributed by atoms with E-state index >= 15 is 0 Å². The smallest absolute Gasteiger partial charge is 0.407 e. The zero-order valence-electron chi connectivity index (χ0n) is 7.79. The van der Waals surface area contributed by atoms with E-state index in [0.29, 0.717) is 17.3 Å². The van der Waals surface area contributed by atoms with Crippen molar-refractivity contribution in [3.05, 3.63) is 17.7 Å². The van der Waals surface area contributed by atoms with Gasteiger partial charge < -0.3 is 10.1 Å². The van der Waals surface area contributed by atoms with E-state index in [-0.39, 0.29) is 0 Å². The molecule has 0 aliphatic rings. The molecule has 1 aromatic heterocycles. The Hall–Kier alpha value is -1.65. The Morgan fingerprint density at radius 2 is 2.23 bits per heavy atom. The minimum atomic E-state index is -0.518. The highest BCUT2D eigenvalue weighted by Crippen LogP contribution is 2.12. The van der Waals surface area contributed by atoms with Gasteiger partial charge in [0.2, 0.25) is 0 Å². The van der Waals surface area contributed by atoms with E-state index in [0.717, 1.165) is 0 Å². The van der Waals surface area contributed by atoms with E-state index < -0.39 is 6.09 Å². The van der Waals surface area contributed by atoms with E-state index in [1.165, 1.54) is 13.2 Å². The molecule has 0 unspecified atom stereocenters. The first-order valence-electron chi connectivity index (χ1n) is 3.83. The molecule has 1 rings (SSSR count). The number of carbonyl (C=O) groups excluding carboxylic acids is 1. The average molecular weight is 181 g/mol. The largest absolute Gasteiger partial charge is 0.412 e. The number of hydrogen-bond acceptors (Lipinski definition) is 4. The van der Waals surface area contributed by atoms with Crippen molar-refractivity contribution < 1.29 is 9.53 Å². The molecule has 0 saturated heterocycles. The second kappa shape index (κ2) is 3.84. The predicted molar refractivity (Wildman–Crippen MR) is 46.6 cm³/mol. The topological polar surface area (TPSA) is 64.1 Å². The van der Waals surface area contributed by atoms with Gasteiger partial charge in [0.15, 0.2) is 5.75 Å². The fourth-order valence-electron chi connectivity index (χ4n) is 0.823. The highest BCUT2D eigenvalue weighted by atomic mass is 16.6. The van der Waals surface area contributed by atoms with E-state index in [2.05, 4.69) is 15.3 Å². The number of hydrogen-bond donors (Lipinski definition) is 1. The Morgan fingerprint density at radius 1 is 1.54 bits per heavy atom. The van der Waals surface area contributed by atoms with Gasteiger partial charge in [-0.05, 0) is 13.8 Å². The maximum atomic E-state index is 10.8. The number of amides is 1. The Bertz CT molecular complexity index is 325. The third-order valence-corrected chi connectivity index (χ3v) is 1.46. The SMILES string of the molecule is CNC(=O)Oc1cnc(C)nc1C. The number of ether oxygens (including phenoxy) is 1. The van der Waals surface area contributed by atoms with Crippen molar-refractivity contribution in [3.8, 4) is 5.75 Å². The summed E-state index contributed by atoms with van der Waals surface area (Å²) < 4.78 is 4.87. The van der Waals surface area contributed by atoms with Crippen LogP contribution in [-0.2, 0) is 0 Å². The lowest BCUT2D eigenvalue weighted by atomic mass is 10.4. The van der Waals surface area contributed by atoms with Crippen molar-refractivity contribution in [2.45, 2.75) is 13.8 Å². The highest BCUT2D eigenvalue weighted by Gasteiger charge is 2.05. The van der Waals surface area contributed by atoms with Crippen molar-refractivity contribution in [1.29, 1.82) is 0 Å². The van der Waals surface area contributed by atoms with Crippen molar-refractivity contribution in [3.63, 3.8) is 0 Å². The first-order chi connectivity index (χ1) is 6.13. The molecule has 13 heavy (non-hydrogen) atoms. The summed E-state index contributed by atoms with van der Waals surface area (Å²) in [7, 11) is 1.49. The zero-order chi connectivity index (χ0) is 9.84. The quantitative estimate of drug-likeness (QED) is 0.696. The highest BCUT2D eigenvalue weighted by molar-refractivity contribution is 5.69. The minimum Gasteiger partial charge on any atom is -0.407 e. The van der Waals surface area contributed by atoms with Gasteiger partial charge in [-0.15, -0.1) is 0 Å². The van der Waals surface area contributed by atoms with E-state index in [1.807, 2.05) is 0 Å². The average Bonchev–Trinajstić information content (AvgIpc) is 2.09. The van der Waals surface area contributed by atoms with Crippen molar-refractivity contribution in [1.82, 2.24) is 15.3 Å². The summed E-state index contributed by atoms with van der Waals surface area (Å²) >= 11 is 0. The Morgan fingerprint density at radius 3 is 2.77 bits per heavy atom. The monoisotopic (exact) mass is 181 g/mol. The Kier molecular flexibility index (Phi) is 2.79. The van der Waals surface area contributed by atoms with E-state index in [4.69, 9.17) is 4.74 Å². The Balaban J connectivity index is 2.83. The van der Waals surface area contributed by atoms with Crippen LogP contribution in [0.4, 0.5) is 4.79 Å². The molecular weight excluding hydrogens is 170 g/mol. The summed E-state index contributed by atoms with van der Waals surface area (Å²) in [4.78, 5) is 18.8. The third kappa shape index (κ3) is 2.40. The van der Waals surface area contributed by atoms with Gasteiger partial charge in [-0.3, -0.25) is 0 Å². The summed E-state index contributed by atoms with van der Waals surface area (Å²) in [6.45, 7) is 3.53. The lowest BCUT2D eigenvalue weighted by molar-refractivity contribution is 0.202. The summed E-state index contributed by atoms with van der Waals surface area (Å²) in [5, 5.41) is 2.34. The van der Waals surface area contributed by atoms with E-state index in [1.54, 1.807) is 13.8 Å². The van der Waals surface area contributed by atoms with Gasteiger partial charge in [-0.1, -0.05) is 0 Å². The van der Waals surface area contributed by atoms with Crippen LogP contribution in [0.25, 0.3) is 0 Å². The summed E-state index contributed by atoms with van der Waals surface area (Å²) in [5.41, 5.74) is 0.649. The molecule has 0 aromatic carbocycles. The standard InChI is InChI=1S/C8H11N3O2/c1-5-7(13-8(12)9-3)4-10-6(2)11-5/h4H,1-3H3,(H,9,12). The molecule has 70 valence electrons. The molecule has 1 heterocycles. The van der Waals surface area contributed by atoms with Crippen molar-refractivity contribution >= 4 is 6.09 Å². The fourth-order valence-corrected chi connectivity index (χ4v) is 0.823. The van der Waals surface area contributed by atoms with Crippen LogP contribution in [0.2, 0.25) is 0 Å². The van der Waals surface area contributed by atoms with Crippen LogP contribution in [0.1, 0.15) is 11.5 Å². The molecule has 5 heteroatoms. The minimum absolute atomic E-state index is 0.380. The molecule has 1 aromatic rings.